The second kappa shape index (κ2) is 7.56. The van der Waals surface area contributed by atoms with Gasteiger partial charge in [-0.05, 0) is 44.9 Å². The Labute approximate surface area is 133 Å². The van der Waals surface area contributed by atoms with E-state index in [-0.39, 0.29) is 11.9 Å². The fourth-order valence-electron chi connectivity index (χ4n) is 2.98. The molecule has 1 aromatic rings. The van der Waals surface area contributed by atoms with Crippen molar-refractivity contribution in [2.24, 2.45) is 11.8 Å². The highest BCUT2D eigenvalue weighted by molar-refractivity contribution is 5.93. The first-order chi connectivity index (χ1) is 10.5. The fourth-order valence-corrected chi connectivity index (χ4v) is 2.98. The molecular weight excluding hydrogens is 276 g/mol. The van der Waals surface area contributed by atoms with Crippen molar-refractivity contribution in [3.05, 3.63) is 18.0 Å². The van der Waals surface area contributed by atoms with Gasteiger partial charge in [0, 0.05) is 31.5 Å². The van der Waals surface area contributed by atoms with E-state index in [1.807, 2.05) is 13.8 Å². The van der Waals surface area contributed by atoms with Crippen LogP contribution in [0, 0.1) is 11.8 Å². The molecule has 2 heterocycles. The number of rotatable bonds is 5. The Bertz CT molecular complexity index is 476. The normalized spacial score (nSPS) is 16.4. The minimum Gasteiger partial charge on any atom is -0.350 e. The second-order valence-corrected chi connectivity index (χ2v) is 6.96. The number of carbonyl (C=O) groups excluding carboxylic acids is 1. The molecule has 0 saturated carbocycles. The molecule has 0 bridgehead atoms. The SMILES string of the molecule is CC(C)CC1CCN(c2ncc(C(=O)NC(C)C)cn2)CC1. The number of hydrogen-bond acceptors (Lipinski definition) is 4. The summed E-state index contributed by atoms with van der Waals surface area (Å²) in [4.78, 5) is 22.8. The molecule has 22 heavy (non-hydrogen) atoms. The molecule has 1 aliphatic heterocycles. The maximum absolute atomic E-state index is 11.9. The molecule has 1 aromatic heterocycles. The summed E-state index contributed by atoms with van der Waals surface area (Å²) in [5.41, 5.74) is 0.521. The summed E-state index contributed by atoms with van der Waals surface area (Å²) in [6.07, 6.45) is 6.97. The monoisotopic (exact) mass is 304 g/mol. The van der Waals surface area contributed by atoms with Crippen LogP contribution in [-0.4, -0.2) is 35.0 Å². The van der Waals surface area contributed by atoms with Crippen LogP contribution in [0.4, 0.5) is 5.95 Å². The van der Waals surface area contributed by atoms with E-state index in [0.29, 0.717) is 5.56 Å². The van der Waals surface area contributed by atoms with E-state index in [1.165, 1.54) is 19.3 Å². The van der Waals surface area contributed by atoms with Crippen LogP contribution in [0.15, 0.2) is 12.4 Å². The molecule has 0 spiro atoms. The molecule has 0 atom stereocenters. The molecule has 1 saturated heterocycles. The van der Waals surface area contributed by atoms with Crippen LogP contribution < -0.4 is 10.2 Å². The van der Waals surface area contributed by atoms with Crippen molar-refractivity contribution in [2.75, 3.05) is 18.0 Å². The maximum Gasteiger partial charge on any atom is 0.254 e. The number of nitrogens with zero attached hydrogens (tertiary/aromatic N) is 3. The van der Waals surface area contributed by atoms with Crippen LogP contribution in [0.2, 0.25) is 0 Å². The third-order valence-electron chi connectivity index (χ3n) is 4.02. The topological polar surface area (TPSA) is 58.1 Å². The van der Waals surface area contributed by atoms with E-state index >= 15 is 0 Å². The first-order valence-electron chi connectivity index (χ1n) is 8.33. The lowest BCUT2D eigenvalue weighted by Gasteiger charge is -2.32. The summed E-state index contributed by atoms with van der Waals surface area (Å²) >= 11 is 0. The van der Waals surface area contributed by atoms with Crippen LogP contribution in [0.25, 0.3) is 0 Å². The van der Waals surface area contributed by atoms with Crippen molar-refractivity contribution in [3.63, 3.8) is 0 Å². The molecule has 5 heteroatoms. The molecule has 1 aliphatic rings. The lowest BCUT2D eigenvalue weighted by Crippen LogP contribution is -2.35. The van der Waals surface area contributed by atoms with Gasteiger partial charge in [0.2, 0.25) is 5.95 Å². The molecule has 1 amide bonds. The predicted molar refractivity (Wildman–Crippen MR) is 89.0 cm³/mol. The Kier molecular flexibility index (Phi) is 5.75. The number of amides is 1. The molecule has 0 unspecified atom stereocenters. The van der Waals surface area contributed by atoms with Gasteiger partial charge in [0.1, 0.15) is 0 Å². The lowest BCUT2D eigenvalue weighted by atomic mass is 9.89. The number of anilines is 1. The summed E-state index contributed by atoms with van der Waals surface area (Å²) in [5.74, 6) is 2.22. The van der Waals surface area contributed by atoms with Gasteiger partial charge in [-0.15, -0.1) is 0 Å². The van der Waals surface area contributed by atoms with Crippen molar-refractivity contribution in [2.45, 2.75) is 53.0 Å². The number of aromatic nitrogens is 2. The summed E-state index contributed by atoms with van der Waals surface area (Å²) < 4.78 is 0. The van der Waals surface area contributed by atoms with Gasteiger partial charge in [-0.2, -0.15) is 0 Å². The highest BCUT2D eigenvalue weighted by atomic mass is 16.1. The zero-order valence-electron chi connectivity index (χ0n) is 14.2. The molecule has 122 valence electrons. The summed E-state index contributed by atoms with van der Waals surface area (Å²) in [5, 5.41) is 2.85. The molecule has 1 N–H and O–H groups in total. The van der Waals surface area contributed by atoms with Crippen LogP contribution in [0.1, 0.15) is 57.3 Å². The van der Waals surface area contributed by atoms with E-state index in [1.54, 1.807) is 12.4 Å². The predicted octanol–water partition coefficient (Wildman–Crippen LogP) is 2.88. The second-order valence-electron chi connectivity index (χ2n) is 6.96. The minimum atomic E-state index is -0.114. The highest BCUT2D eigenvalue weighted by Crippen LogP contribution is 2.25. The van der Waals surface area contributed by atoms with Gasteiger partial charge in [0.15, 0.2) is 0 Å². The molecule has 0 aromatic carbocycles. The molecular formula is C17H28N4O. The Morgan fingerprint density at radius 2 is 1.82 bits per heavy atom. The van der Waals surface area contributed by atoms with Crippen molar-refractivity contribution in [1.29, 1.82) is 0 Å². The Morgan fingerprint density at radius 1 is 1.23 bits per heavy atom. The largest absolute Gasteiger partial charge is 0.350 e. The first-order valence-corrected chi connectivity index (χ1v) is 8.33. The lowest BCUT2D eigenvalue weighted by molar-refractivity contribution is 0.0942. The standard InChI is InChI=1S/C17H28N4O/c1-12(2)9-14-5-7-21(8-6-14)17-18-10-15(11-19-17)16(22)20-13(3)4/h10-14H,5-9H2,1-4H3,(H,20,22). The zero-order chi connectivity index (χ0) is 16.1. The van der Waals surface area contributed by atoms with Gasteiger partial charge in [0.25, 0.3) is 5.91 Å². The first kappa shape index (κ1) is 16.7. The number of hydrogen-bond donors (Lipinski definition) is 1. The van der Waals surface area contributed by atoms with Gasteiger partial charge in [-0.3, -0.25) is 4.79 Å². The van der Waals surface area contributed by atoms with Crippen molar-refractivity contribution in [1.82, 2.24) is 15.3 Å². The van der Waals surface area contributed by atoms with Crippen molar-refractivity contribution in [3.8, 4) is 0 Å². The third kappa shape index (κ3) is 4.68. The fraction of sp³-hybridized carbons (Fsp3) is 0.706. The number of carbonyl (C=O) groups is 1. The van der Waals surface area contributed by atoms with Crippen LogP contribution in [-0.2, 0) is 0 Å². The van der Waals surface area contributed by atoms with E-state index in [2.05, 4.69) is 34.0 Å². The van der Waals surface area contributed by atoms with E-state index in [9.17, 15) is 4.79 Å². The molecule has 1 fully saturated rings. The number of nitrogens with one attached hydrogen (secondary N) is 1. The maximum atomic E-state index is 11.9. The third-order valence-corrected chi connectivity index (χ3v) is 4.02. The van der Waals surface area contributed by atoms with Crippen molar-refractivity contribution >= 4 is 11.9 Å². The van der Waals surface area contributed by atoms with Crippen molar-refractivity contribution < 1.29 is 4.79 Å². The van der Waals surface area contributed by atoms with E-state index in [4.69, 9.17) is 0 Å². The number of piperidine rings is 1. The quantitative estimate of drug-likeness (QED) is 0.908. The van der Waals surface area contributed by atoms with Crippen LogP contribution >= 0.6 is 0 Å². The average molecular weight is 304 g/mol. The van der Waals surface area contributed by atoms with Gasteiger partial charge >= 0.3 is 0 Å². The van der Waals surface area contributed by atoms with E-state index < -0.39 is 0 Å². The van der Waals surface area contributed by atoms with Gasteiger partial charge in [-0.1, -0.05) is 13.8 Å². The Morgan fingerprint density at radius 3 is 2.32 bits per heavy atom. The smallest absolute Gasteiger partial charge is 0.254 e. The Balaban J connectivity index is 1.90. The molecule has 5 nitrogen and oxygen atoms in total. The molecule has 2 rings (SSSR count). The zero-order valence-corrected chi connectivity index (χ0v) is 14.2. The van der Waals surface area contributed by atoms with Gasteiger partial charge < -0.3 is 10.2 Å². The van der Waals surface area contributed by atoms with Gasteiger partial charge in [0.05, 0.1) is 5.56 Å². The highest BCUT2D eigenvalue weighted by Gasteiger charge is 2.21. The average Bonchev–Trinajstić information content (AvgIpc) is 2.47. The van der Waals surface area contributed by atoms with Crippen LogP contribution in [0.5, 0.6) is 0 Å². The summed E-state index contributed by atoms with van der Waals surface area (Å²) in [6.45, 7) is 10.5. The minimum absolute atomic E-state index is 0.114. The van der Waals surface area contributed by atoms with E-state index in [0.717, 1.165) is 30.9 Å². The molecule has 0 aliphatic carbocycles. The molecule has 0 radical (unpaired) electrons. The van der Waals surface area contributed by atoms with Crippen LogP contribution in [0.3, 0.4) is 0 Å². The summed E-state index contributed by atoms with van der Waals surface area (Å²) in [6, 6.07) is 0.118. The summed E-state index contributed by atoms with van der Waals surface area (Å²) in [7, 11) is 0. The Hall–Kier alpha value is -1.65. The van der Waals surface area contributed by atoms with Gasteiger partial charge in [-0.25, -0.2) is 9.97 Å².